The maximum Gasteiger partial charge on any atom is 0.341 e. The Balaban J connectivity index is 1.71. The van der Waals surface area contributed by atoms with E-state index in [1.807, 2.05) is 11.5 Å². The lowest BCUT2D eigenvalue weighted by Crippen LogP contribution is -2.19. The molecule has 0 spiro atoms. The first kappa shape index (κ1) is 23.2. The van der Waals surface area contributed by atoms with E-state index in [1.54, 1.807) is 6.92 Å². The van der Waals surface area contributed by atoms with Crippen LogP contribution in [0.15, 0.2) is 5.16 Å². The van der Waals surface area contributed by atoms with E-state index in [0.717, 1.165) is 43.0 Å². The topological polar surface area (TPSA) is 138 Å². The van der Waals surface area contributed by atoms with E-state index in [1.165, 1.54) is 18.9 Å². The Morgan fingerprint density at radius 1 is 1.39 bits per heavy atom. The van der Waals surface area contributed by atoms with Gasteiger partial charge in [-0.05, 0) is 25.3 Å². The molecule has 12 heteroatoms. The van der Waals surface area contributed by atoms with Gasteiger partial charge in [-0.3, -0.25) is 9.59 Å². The van der Waals surface area contributed by atoms with Crippen molar-refractivity contribution in [3.8, 4) is 0 Å². The SMILES string of the molecule is CCc1nnc(SCC(=O)Nc2sc(C(N)=O)c(C)c2C(=O)OC)n1C[C@H]1CCCO1. The maximum absolute atomic E-state index is 12.6. The van der Waals surface area contributed by atoms with Crippen molar-refractivity contribution in [1.29, 1.82) is 0 Å². The predicted octanol–water partition coefficient (Wildman–Crippen LogP) is 2.01. The number of anilines is 1. The number of thioether (sulfide) groups is 1. The standard InChI is InChI=1S/C19H25N5O5S2/c1-4-12-22-23-19(24(12)8-11-6-5-7-29-11)30-9-13(25)21-17-14(18(27)28-3)10(2)15(31-17)16(20)26/h11H,4-9H2,1-3H3,(H2,20,26)(H,21,25)/t11-/m1/s1. The van der Waals surface area contributed by atoms with Crippen LogP contribution in [0.2, 0.25) is 0 Å². The van der Waals surface area contributed by atoms with Crippen LogP contribution in [0, 0.1) is 6.92 Å². The lowest BCUT2D eigenvalue weighted by molar-refractivity contribution is -0.113. The zero-order valence-electron chi connectivity index (χ0n) is 17.6. The summed E-state index contributed by atoms with van der Waals surface area (Å²) in [6.45, 7) is 5.00. The summed E-state index contributed by atoms with van der Waals surface area (Å²) in [5.41, 5.74) is 5.90. The van der Waals surface area contributed by atoms with Gasteiger partial charge in [-0.2, -0.15) is 0 Å². The van der Waals surface area contributed by atoms with Crippen LogP contribution in [0.5, 0.6) is 0 Å². The van der Waals surface area contributed by atoms with Gasteiger partial charge in [-0.1, -0.05) is 18.7 Å². The van der Waals surface area contributed by atoms with Crippen LogP contribution < -0.4 is 11.1 Å². The van der Waals surface area contributed by atoms with Crippen LogP contribution in [0.3, 0.4) is 0 Å². The molecular weight excluding hydrogens is 442 g/mol. The van der Waals surface area contributed by atoms with Gasteiger partial charge in [0.05, 0.1) is 36.0 Å². The number of hydrogen-bond acceptors (Lipinski definition) is 9. The fourth-order valence-electron chi connectivity index (χ4n) is 3.34. The summed E-state index contributed by atoms with van der Waals surface area (Å²) >= 11 is 2.20. The molecule has 0 aliphatic carbocycles. The van der Waals surface area contributed by atoms with E-state index in [-0.39, 0.29) is 33.2 Å². The molecule has 31 heavy (non-hydrogen) atoms. The normalized spacial score (nSPS) is 15.8. The molecule has 2 aromatic heterocycles. The molecule has 1 aliphatic heterocycles. The number of amides is 2. The van der Waals surface area contributed by atoms with Gasteiger partial charge in [0.1, 0.15) is 10.8 Å². The Bertz CT molecular complexity index is 981. The second-order valence-electron chi connectivity index (χ2n) is 6.95. The second kappa shape index (κ2) is 10.2. The lowest BCUT2D eigenvalue weighted by atomic mass is 10.1. The minimum absolute atomic E-state index is 0.0524. The van der Waals surface area contributed by atoms with Crippen molar-refractivity contribution in [3.05, 3.63) is 21.8 Å². The molecule has 2 aromatic rings. The first-order chi connectivity index (χ1) is 14.8. The molecule has 0 saturated carbocycles. The first-order valence-corrected chi connectivity index (χ1v) is 11.6. The highest BCUT2D eigenvalue weighted by atomic mass is 32.2. The average Bonchev–Trinajstić information content (AvgIpc) is 3.46. The molecule has 0 bridgehead atoms. The van der Waals surface area contributed by atoms with Crippen molar-refractivity contribution in [2.45, 2.75) is 50.9 Å². The summed E-state index contributed by atoms with van der Waals surface area (Å²) in [5, 5.41) is 12.0. The molecule has 1 aliphatic rings. The van der Waals surface area contributed by atoms with Crippen molar-refractivity contribution in [2.75, 3.05) is 24.8 Å². The van der Waals surface area contributed by atoms with Gasteiger partial charge in [0, 0.05) is 13.0 Å². The Morgan fingerprint density at radius 3 is 2.77 bits per heavy atom. The minimum Gasteiger partial charge on any atom is -0.465 e. The Labute approximate surface area is 187 Å². The molecule has 3 rings (SSSR count). The number of ether oxygens (including phenoxy) is 2. The summed E-state index contributed by atoms with van der Waals surface area (Å²) < 4.78 is 12.5. The van der Waals surface area contributed by atoms with E-state index in [0.29, 0.717) is 17.3 Å². The molecule has 0 radical (unpaired) electrons. The number of thiophene rings is 1. The van der Waals surface area contributed by atoms with Crippen LogP contribution >= 0.6 is 23.1 Å². The van der Waals surface area contributed by atoms with E-state index in [9.17, 15) is 14.4 Å². The van der Waals surface area contributed by atoms with Crippen LogP contribution in [-0.2, 0) is 27.2 Å². The molecular formula is C19H25N5O5S2. The van der Waals surface area contributed by atoms with Crippen molar-refractivity contribution in [1.82, 2.24) is 14.8 Å². The number of nitrogens with two attached hydrogens (primary N) is 1. The van der Waals surface area contributed by atoms with Gasteiger partial charge in [-0.15, -0.1) is 21.5 Å². The third-order valence-electron chi connectivity index (χ3n) is 4.87. The molecule has 2 amide bonds. The predicted molar refractivity (Wildman–Crippen MR) is 117 cm³/mol. The van der Waals surface area contributed by atoms with Gasteiger partial charge in [-0.25, -0.2) is 4.79 Å². The van der Waals surface area contributed by atoms with Crippen LogP contribution in [0.1, 0.15) is 51.2 Å². The smallest absolute Gasteiger partial charge is 0.341 e. The zero-order valence-corrected chi connectivity index (χ0v) is 19.2. The Morgan fingerprint density at radius 2 is 2.16 bits per heavy atom. The van der Waals surface area contributed by atoms with Gasteiger partial charge in [0.2, 0.25) is 5.91 Å². The summed E-state index contributed by atoms with van der Waals surface area (Å²) in [6, 6.07) is 0. The molecule has 168 valence electrons. The number of hydrogen-bond donors (Lipinski definition) is 2. The largest absolute Gasteiger partial charge is 0.465 e. The van der Waals surface area contributed by atoms with Gasteiger partial charge in [0.25, 0.3) is 5.91 Å². The molecule has 3 heterocycles. The number of rotatable bonds is 9. The molecule has 1 fully saturated rings. The number of aromatic nitrogens is 3. The number of esters is 1. The number of aryl methyl sites for hydroxylation is 1. The number of carbonyl (C=O) groups is 3. The molecule has 10 nitrogen and oxygen atoms in total. The van der Waals surface area contributed by atoms with E-state index >= 15 is 0 Å². The van der Waals surface area contributed by atoms with E-state index in [4.69, 9.17) is 15.2 Å². The molecule has 0 unspecified atom stereocenters. The van der Waals surface area contributed by atoms with Crippen molar-refractivity contribution < 1.29 is 23.9 Å². The van der Waals surface area contributed by atoms with Gasteiger partial charge in [0.15, 0.2) is 5.16 Å². The quantitative estimate of drug-likeness (QED) is 0.422. The fourth-order valence-corrected chi connectivity index (χ4v) is 5.17. The molecule has 1 saturated heterocycles. The Hall–Kier alpha value is -2.44. The number of primary amides is 1. The van der Waals surface area contributed by atoms with Crippen LogP contribution in [0.4, 0.5) is 5.00 Å². The highest BCUT2D eigenvalue weighted by Crippen LogP contribution is 2.33. The number of carbonyl (C=O) groups excluding carboxylic acids is 3. The number of methoxy groups -OCH3 is 1. The van der Waals surface area contributed by atoms with Crippen molar-refractivity contribution in [2.24, 2.45) is 5.73 Å². The van der Waals surface area contributed by atoms with Crippen molar-refractivity contribution in [3.63, 3.8) is 0 Å². The van der Waals surface area contributed by atoms with Gasteiger partial charge >= 0.3 is 5.97 Å². The average molecular weight is 468 g/mol. The van der Waals surface area contributed by atoms with E-state index in [2.05, 4.69) is 15.5 Å². The highest BCUT2D eigenvalue weighted by Gasteiger charge is 2.26. The summed E-state index contributed by atoms with van der Waals surface area (Å²) in [4.78, 5) is 36.6. The maximum atomic E-state index is 12.6. The summed E-state index contributed by atoms with van der Waals surface area (Å²) in [5.74, 6) is -0.773. The third-order valence-corrected chi connectivity index (χ3v) is 7.05. The van der Waals surface area contributed by atoms with E-state index < -0.39 is 11.9 Å². The van der Waals surface area contributed by atoms with Crippen LogP contribution in [-0.4, -0.2) is 58.1 Å². The molecule has 1 atom stereocenters. The number of nitrogens with zero attached hydrogens (tertiary/aromatic N) is 3. The van der Waals surface area contributed by atoms with Crippen LogP contribution in [0.25, 0.3) is 0 Å². The summed E-state index contributed by atoms with van der Waals surface area (Å²) in [6.07, 6.45) is 2.87. The summed E-state index contributed by atoms with van der Waals surface area (Å²) in [7, 11) is 1.23. The number of nitrogens with one attached hydrogen (secondary N) is 1. The minimum atomic E-state index is -0.670. The Kier molecular flexibility index (Phi) is 7.68. The zero-order chi connectivity index (χ0) is 22.5. The lowest BCUT2D eigenvalue weighted by Gasteiger charge is -2.14. The van der Waals surface area contributed by atoms with Crippen molar-refractivity contribution >= 4 is 45.9 Å². The highest BCUT2D eigenvalue weighted by molar-refractivity contribution is 7.99. The molecule has 3 N–H and O–H groups in total. The fraction of sp³-hybridized carbons (Fsp3) is 0.526. The second-order valence-corrected chi connectivity index (χ2v) is 8.91. The van der Waals surface area contributed by atoms with Gasteiger partial charge < -0.3 is 25.1 Å². The molecule has 0 aromatic carbocycles. The first-order valence-electron chi connectivity index (χ1n) is 9.83. The third kappa shape index (κ3) is 5.25. The monoisotopic (exact) mass is 467 g/mol.